The van der Waals surface area contributed by atoms with Gasteiger partial charge in [0.2, 0.25) is 0 Å². The summed E-state index contributed by atoms with van der Waals surface area (Å²) in [6.45, 7) is 4.81. The smallest absolute Gasteiger partial charge is 0.124 e. The summed E-state index contributed by atoms with van der Waals surface area (Å²) in [7, 11) is 0. The molecule has 0 aliphatic carbocycles. The third-order valence-electron chi connectivity index (χ3n) is 2.99. The Labute approximate surface area is 112 Å². The molecule has 0 saturated heterocycles. The Kier molecular flexibility index (Phi) is 3.98. The molecule has 0 saturated carbocycles. The number of hydrogen-bond acceptors (Lipinski definition) is 2. The van der Waals surface area contributed by atoms with Crippen molar-refractivity contribution in [3.8, 4) is 11.8 Å². The Bertz CT molecular complexity index is 647. The fourth-order valence-corrected chi connectivity index (χ4v) is 1.87. The first-order valence-electron chi connectivity index (χ1n) is 6.07. The zero-order chi connectivity index (χ0) is 13.8. The molecular weight excluding hydrogens is 241 g/mol. The summed E-state index contributed by atoms with van der Waals surface area (Å²) < 4.78 is 15.5. The molecule has 1 aromatic carbocycles. The van der Waals surface area contributed by atoms with E-state index in [1.165, 1.54) is 12.1 Å². The SMILES string of the molecule is Cc1ncn(Cc2cc(F)cc(C#CCN)c2)c1C. The van der Waals surface area contributed by atoms with Crippen molar-refractivity contribution in [3.63, 3.8) is 0 Å². The van der Waals surface area contributed by atoms with Gasteiger partial charge in [0.1, 0.15) is 5.82 Å². The first-order valence-corrected chi connectivity index (χ1v) is 6.07. The standard InChI is InChI=1S/C15H16FN3/c1-11-12(2)19(10-18-11)9-14-6-13(4-3-5-17)7-15(16)8-14/h6-8,10H,5,9,17H2,1-2H3. The Morgan fingerprint density at radius 3 is 2.74 bits per heavy atom. The minimum Gasteiger partial charge on any atom is -0.330 e. The van der Waals surface area contributed by atoms with Gasteiger partial charge in [-0.1, -0.05) is 11.8 Å². The summed E-state index contributed by atoms with van der Waals surface area (Å²) in [6.07, 6.45) is 1.76. The van der Waals surface area contributed by atoms with Crippen molar-refractivity contribution in [1.82, 2.24) is 9.55 Å². The third kappa shape index (κ3) is 3.21. The molecule has 1 heterocycles. The van der Waals surface area contributed by atoms with E-state index in [0.29, 0.717) is 12.1 Å². The van der Waals surface area contributed by atoms with Gasteiger partial charge in [-0.15, -0.1) is 0 Å². The predicted octanol–water partition coefficient (Wildman–Crippen LogP) is 2.00. The van der Waals surface area contributed by atoms with E-state index in [1.54, 1.807) is 6.33 Å². The summed E-state index contributed by atoms with van der Waals surface area (Å²) in [6, 6.07) is 4.81. The molecule has 98 valence electrons. The topological polar surface area (TPSA) is 43.8 Å². The molecule has 0 spiro atoms. The van der Waals surface area contributed by atoms with Gasteiger partial charge in [-0.25, -0.2) is 9.37 Å². The fraction of sp³-hybridized carbons (Fsp3) is 0.267. The molecule has 1 aromatic heterocycles. The molecule has 4 heteroatoms. The van der Waals surface area contributed by atoms with E-state index in [4.69, 9.17) is 5.73 Å². The zero-order valence-electron chi connectivity index (χ0n) is 11.1. The van der Waals surface area contributed by atoms with Crippen LogP contribution in [0.5, 0.6) is 0 Å². The first kappa shape index (κ1) is 13.3. The molecule has 0 aliphatic heterocycles. The minimum absolute atomic E-state index is 0.270. The molecule has 0 unspecified atom stereocenters. The number of nitrogens with zero attached hydrogens (tertiary/aromatic N) is 2. The Hall–Kier alpha value is -2.12. The molecule has 0 aliphatic rings. The predicted molar refractivity (Wildman–Crippen MR) is 73.1 cm³/mol. The van der Waals surface area contributed by atoms with Crippen molar-refractivity contribution in [2.45, 2.75) is 20.4 Å². The van der Waals surface area contributed by atoms with Gasteiger partial charge in [-0.3, -0.25) is 0 Å². The van der Waals surface area contributed by atoms with Crippen LogP contribution < -0.4 is 5.73 Å². The molecule has 0 amide bonds. The van der Waals surface area contributed by atoms with Crippen molar-refractivity contribution in [1.29, 1.82) is 0 Å². The quantitative estimate of drug-likeness (QED) is 0.836. The Balaban J connectivity index is 2.30. The summed E-state index contributed by atoms with van der Waals surface area (Å²) in [5, 5.41) is 0. The van der Waals surface area contributed by atoms with E-state index < -0.39 is 0 Å². The van der Waals surface area contributed by atoms with Gasteiger partial charge in [0.25, 0.3) is 0 Å². The van der Waals surface area contributed by atoms with E-state index in [9.17, 15) is 4.39 Å². The largest absolute Gasteiger partial charge is 0.330 e. The van der Waals surface area contributed by atoms with Crippen LogP contribution in [-0.4, -0.2) is 16.1 Å². The molecule has 3 nitrogen and oxygen atoms in total. The van der Waals surface area contributed by atoms with Crippen molar-refractivity contribution in [3.05, 3.63) is 52.9 Å². The van der Waals surface area contributed by atoms with E-state index in [2.05, 4.69) is 16.8 Å². The highest BCUT2D eigenvalue weighted by Crippen LogP contribution is 2.12. The highest BCUT2D eigenvalue weighted by atomic mass is 19.1. The lowest BCUT2D eigenvalue weighted by Crippen LogP contribution is -2.01. The Morgan fingerprint density at radius 2 is 2.11 bits per heavy atom. The maximum Gasteiger partial charge on any atom is 0.124 e. The van der Waals surface area contributed by atoms with Crippen LogP contribution in [0.1, 0.15) is 22.5 Å². The molecule has 19 heavy (non-hydrogen) atoms. The van der Waals surface area contributed by atoms with Crippen LogP contribution in [0, 0.1) is 31.5 Å². The number of aromatic nitrogens is 2. The van der Waals surface area contributed by atoms with Crippen LogP contribution in [0.3, 0.4) is 0 Å². The average Bonchev–Trinajstić information content (AvgIpc) is 2.68. The lowest BCUT2D eigenvalue weighted by Gasteiger charge is -2.06. The van der Waals surface area contributed by atoms with Crippen LogP contribution in [0.25, 0.3) is 0 Å². The Morgan fingerprint density at radius 1 is 1.32 bits per heavy atom. The fourth-order valence-electron chi connectivity index (χ4n) is 1.87. The maximum atomic E-state index is 13.5. The second kappa shape index (κ2) is 5.68. The summed E-state index contributed by atoms with van der Waals surface area (Å²) >= 11 is 0. The maximum absolute atomic E-state index is 13.5. The highest BCUT2D eigenvalue weighted by molar-refractivity contribution is 5.38. The highest BCUT2D eigenvalue weighted by Gasteiger charge is 2.05. The lowest BCUT2D eigenvalue weighted by molar-refractivity contribution is 0.622. The normalized spacial score (nSPS) is 10.1. The lowest BCUT2D eigenvalue weighted by atomic mass is 10.1. The molecule has 2 N–H and O–H groups in total. The molecule has 0 bridgehead atoms. The second-order valence-corrected chi connectivity index (χ2v) is 4.40. The van der Waals surface area contributed by atoms with E-state index in [1.807, 2.05) is 24.5 Å². The van der Waals surface area contributed by atoms with Crippen LogP contribution >= 0.6 is 0 Å². The van der Waals surface area contributed by atoms with E-state index in [0.717, 1.165) is 17.0 Å². The van der Waals surface area contributed by atoms with Gasteiger partial charge in [0.05, 0.1) is 18.6 Å². The van der Waals surface area contributed by atoms with Crippen LogP contribution in [-0.2, 0) is 6.54 Å². The van der Waals surface area contributed by atoms with Gasteiger partial charge in [-0.2, -0.15) is 0 Å². The molecule has 2 aromatic rings. The minimum atomic E-state index is -0.284. The number of hydrogen-bond donors (Lipinski definition) is 1. The first-order chi connectivity index (χ1) is 9.10. The van der Waals surface area contributed by atoms with Gasteiger partial charge in [0, 0.05) is 17.8 Å². The molecular formula is C15H16FN3. The summed E-state index contributed by atoms with van der Waals surface area (Å²) in [5.41, 5.74) is 8.90. The van der Waals surface area contributed by atoms with Crippen molar-refractivity contribution < 1.29 is 4.39 Å². The molecule has 0 fully saturated rings. The number of rotatable bonds is 2. The number of imidazole rings is 1. The zero-order valence-corrected chi connectivity index (χ0v) is 11.1. The number of halogens is 1. The van der Waals surface area contributed by atoms with E-state index >= 15 is 0 Å². The molecule has 0 radical (unpaired) electrons. The summed E-state index contributed by atoms with van der Waals surface area (Å²) in [5.74, 6) is 5.30. The van der Waals surface area contributed by atoms with Gasteiger partial charge in [0.15, 0.2) is 0 Å². The van der Waals surface area contributed by atoms with Crippen molar-refractivity contribution in [2.24, 2.45) is 5.73 Å². The summed E-state index contributed by atoms with van der Waals surface area (Å²) in [4.78, 5) is 4.23. The van der Waals surface area contributed by atoms with Gasteiger partial charge < -0.3 is 10.3 Å². The number of benzene rings is 1. The molecule has 2 rings (SSSR count). The van der Waals surface area contributed by atoms with Crippen LogP contribution in [0.2, 0.25) is 0 Å². The third-order valence-corrected chi connectivity index (χ3v) is 2.99. The second-order valence-electron chi connectivity index (χ2n) is 4.40. The molecule has 0 atom stereocenters. The van der Waals surface area contributed by atoms with Gasteiger partial charge >= 0.3 is 0 Å². The number of nitrogens with two attached hydrogens (primary N) is 1. The van der Waals surface area contributed by atoms with Crippen LogP contribution in [0.4, 0.5) is 4.39 Å². The monoisotopic (exact) mass is 257 g/mol. The van der Waals surface area contributed by atoms with Crippen LogP contribution in [0.15, 0.2) is 24.5 Å². The van der Waals surface area contributed by atoms with E-state index in [-0.39, 0.29) is 12.4 Å². The number of aryl methyl sites for hydroxylation is 1. The van der Waals surface area contributed by atoms with Gasteiger partial charge in [-0.05, 0) is 37.6 Å². The average molecular weight is 257 g/mol. The van der Waals surface area contributed by atoms with Crippen molar-refractivity contribution >= 4 is 0 Å². The van der Waals surface area contributed by atoms with Crippen molar-refractivity contribution in [2.75, 3.05) is 6.54 Å².